The van der Waals surface area contributed by atoms with E-state index in [0.717, 1.165) is 0 Å². The van der Waals surface area contributed by atoms with Crippen LogP contribution >= 0.6 is 15.9 Å². The van der Waals surface area contributed by atoms with Gasteiger partial charge in [-0.05, 0) is 15.9 Å². The summed E-state index contributed by atoms with van der Waals surface area (Å²) >= 11 is 0.692. The molecule has 126 valence electrons. The Morgan fingerprint density at radius 2 is 1.00 bits per heavy atom. The van der Waals surface area contributed by atoms with Gasteiger partial charge in [0, 0.05) is 0 Å². The van der Waals surface area contributed by atoms with Crippen LogP contribution in [0.3, 0.4) is 0 Å². The first kappa shape index (κ1) is 18.6. The van der Waals surface area contributed by atoms with Crippen LogP contribution in [0.5, 0.6) is 0 Å². The van der Waals surface area contributed by atoms with Gasteiger partial charge in [0.25, 0.3) is 0 Å². The van der Waals surface area contributed by atoms with Crippen LogP contribution in [0.2, 0.25) is 0 Å². The Morgan fingerprint density at radius 3 is 1.24 bits per heavy atom. The van der Waals surface area contributed by atoms with Crippen LogP contribution in [0.1, 0.15) is 0 Å². The molecule has 0 spiro atoms. The summed E-state index contributed by atoms with van der Waals surface area (Å²) < 4.78 is 154. The standard InChI is InChI=1S/C6BrF12NO/c7-1(8,9)2(10,11)20-3(12,13)5(16,17)21-6(18,19)4(20,14)15. The van der Waals surface area contributed by atoms with Crippen LogP contribution in [-0.4, -0.2) is 40.1 Å². The average Bonchev–Trinajstić information content (AvgIpc) is 2.09. The highest BCUT2D eigenvalue weighted by Gasteiger charge is 2.89. The molecule has 0 bridgehead atoms. The number of alkyl halides is 13. The first-order valence-electron chi connectivity index (χ1n) is 4.29. The SMILES string of the molecule is FC(F)(Br)C(F)(F)N1C(F)(F)C(F)(F)OC(F)(F)C1(F)F. The fraction of sp³-hybridized carbons (Fsp3) is 1.00. The van der Waals surface area contributed by atoms with Crippen molar-refractivity contribution in [3.8, 4) is 0 Å². The van der Waals surface area contributed by atoms with Crippen molar-refractivity contribution >= 4 is 15.9 Å². The average molecular weight is 410 g/mol. The van der Waals surface area contributed by atoms with Gasteiger partial charge >= 0.3 is 35.2 Å². The van der Waals surface area contributed by atoms with Crippen LogP contribution in [-0.2, 0) is 4.74 Å². The molecule has 0 unspecified atom stereocenters. The van der Waals surface area contributed by atoms with E-state index in [9.17, 15) is 52.7 Å². The van der Waals surface area contributed by atoms with E-state index in [0.29, 0.717) is 15.9 Å². The predicted octanol–water partition coefficient (Wildman–Crippen LogP) is 4.27. The number of hydrogen-bond donors (Lipinski definition) is 0. The summed E-state index contributed by atoms with van der Waals surface area (Å²) in [7, 11) is 0. The number of halogens is 13. The molecule has 1 fully saturated rings. The lowest BCUT2D eigenvalue weighted by molar-refractivity contribution is -0.590. The Labute approximate surface area is 114 Å². The zero-order chi connectivity index (χ0) is 17.3. The fourth-order valence-electron chi connectivity index (χ4n) is 1.20. The lowest BCUT2D eigenvalue weighted by Gasteiger charge is -2.49. The van der Waals surface area contributed by atoms with Crippen molar-refractivity contribution in [3.05, 3.63) is 0 Å². The molecule has 1 saturated heterocycles. The molecule has 1 heterocycles. The molecule has 0 N–H and O–H groups in total. The molecule has 0 aromatic heterocycles. The highest BCUT2D eigenvalue weighted by atomic mass is 79.9. The van der Waals surface area contributed by atoms with Crippen molar-refractivity contribution < 1.29 is 57.4 Å². The Bertz CT molecular complexity index is 393. The van der Waals surface area contributed by atoms with Crippen molar-refractivity contribution in [1.82, 2.24) is 4.90 Å². The number of nitrogens with zero attached hydrogens (tertiary/aromatic N) is 1. The first-order valence-corrected chi connectivity index (χ1v) is 5.08. The van der Waals surface area contributed by atoms with Gasteiger partial charge in [0.15, 0.2) is 0 Å². The highest BCUT2D eigenvalue weighted by Crippen LogP contribution is 2.61. The molecule has 0 aromatic rings. The molecule has 0 aliphatic carbocycles. The normalized spacial score (nSPS) is 28.4. The van der Waals surface area contributed by atoms with E-state index in [-0.39, 0.29) is 0 Å². The van der Waals surface area contributed by atoms with Crippen LogP contribution in [0, 0.1) is 0 Å². The maximum atomic E-state index is 12.9. The van der Waals surface area contributed by atoms with E-state index in [1.165, 1.54) is 0 Å². The van der Waals surface area contributed by atoms with Gasteiger partial charge in [-0.15, -0.1) is 0 Å². The molecule has 2 nitrogen and oxygen atoms in total. The van der Waals surface area contributed by atoms with Gasteiger partial charge in [-0.2, -0.15) is 52.7 Å². The van der Waals surface area contributed by atoms with Crippen molar-refractivity contribution in [2.75, 3.05) is 0 Å². The third-order valence-electron chi connectivity index (χ3n) is 2.14. The molecule has 0 aromatic carbocycles. The minimum Gasteiger partial charge on any atom is -0.243 e. The van der Waals surface area contributed by atoms with Gasteiger partial charge in [-0.3, -0.25) is 0 Å². The lowest BCUT2D eigenvalue weighted by atomic mass is 10.2. The van der Waals surface area contributed by atoms with Crippen LogP contribution in [0.4, 0.5) is 52.7 Å². The zero-order valence-corrected chi connectivity index (χ0v) is 10.4. The summed E-state index contributed by atoms with van der Waals surface area (Å²) in [6, 6.07) is -20.6. The smallest absolute Gasteiger partial charge is 0.243 e. The summed E-state index contributed by atoms with van der Waals surface area (Å²) in [5.41, 5.74) is 0. The first-order chi connectivity index (χ1) is 8.82. The number of hydrogen-bond acceptors (Lipinski definition) is 2. The summed E-state index contributed by atoms with van der Waals surface area (Å²) in [4.78, 5) is -9.55. The Kier molecular flexibility index (Phi) is 3.82. The second kappa shape index (κ2) is 4.31. The third-order valence-corrected chi connectivity index (χ3v) is 2.62. The molecule has 21 heavy (non-hydrogen) atoms. The zero-order valence-electron chi connectivity index (χ0n) is 8.77. The van der Waals surface area contributed by atoms with Crippen LogP contribution in [0.25, 0.3) is 0 Å². The second-order valence-electron chi connectivity index (χ2n) is 3.59. The van der Waals surface area contributed by atoms with Crippen molar-refractivity contribution in [2.45, 2.75) is 35.2 Å². The minimum absolute atomic E-state index is 0.692. The van der Waals surface area contributed by atoms with Crippen LogP contribution < -0.4 is 0 Å². The second-order valence-corrected chi connectivity index (χ2v) is 4.59. The Morgan fingerprint density at radius 1 is 0.714 bits per heavy atom. The molecule has 0 saturated carbocycles. The summed E-state index contributed by atoms with van der Waals surface area (Å²) in [6.07, 6.45) is -13.2. The number of ether oxygens (including phenoxy) is 1. The largest absolute Gasteiger partial charge is 0.439 e. The van der Waals surface area contributed by atoms with E-state index in [1.54, 1.807) is 0 Å². The monoisotopic (exact) mass is 409 g/mol. The molecular weight excluding hydrogens is 410 g/mol. The van der Waals surface area contributed by atoms with Gasteiger partial charge in [-0.25, -0.2) is 4.74 Å². The fourth-order valence-corrected chi connectivity index (χ4v) is 1.38. The van der Waals surface area contributed by atoms with Gasteiger partial charge in [-0.1, -0.05) is 4.90 Å². The van der Waals surface area contributed by atoms with Gasteiger partial charge in [0.05, 0.1) is 0 Å². The molecule has 0 radical (unpaired) electrons. The summed E-state index contributed by atoms with van der Waals surface area (Å²) in [6.45, 7) is 0. The number of morpholine rings is 1. The van der Waals surface area contributed by atoms with Crippen molar-refractivity contribution in [1.29, 1.82) is 0 Å². The van der Waals surface area contributed by atoms with E-state index in [4.69, 9.17) is 0 Å². The predicted molar refractivity (Wildman–Crippen MR) is 41.5 cm³/mol. The molecule has 1 aliphatic rings. The molecule has 0 amide bonds. The van der Waals surface area contributed by atoms with Gasteiger partial charge in [0.1, 0.15) is 0 Å². The Balaban J connectivity index is 3.63. The molecule has 1 aliphatic heterocycles. The quantitative estimate of drug-likeness (QED) is 0.383. The maximum absolute atomic E-state index is 12.9. The van der Waals surface area contributed by atoms with E-state index >= 15 is 0 Å². The van der Waals surface area contributed by atoms with E-state index in [2.05, 4.69) is 0 Å². The molecule has 1 rings (SSSR count). The van der Waals surface area contributed by atoms with Gasteiger partial charge in [0.2, 0.25) is 0 Å². The van der Waals surface area contributed by atoms with E-state index < -0.39 is 40.1 Å². The van der Waals surface area contributed by atoms with Crippen molar-refractivity contribution in [2.24, 2.45) is 0 Å². The maximum Gasteiger partial charge on any atom is 0.439 e. The molecular formula is C6BrF12NO. The molecule has 0 atom stereocenters. The van der Waals surface area contributed by atoms with Crippen molar-refractivity contribution in [3.63, 3.8) is 0 Å². The third kappa shape index (κ3) is 2.36. The topological polar surface area (TPSA) is 12.5 Å². The molecule has 15 heteroatoms. The Hall–Kier alpha value is -0.440. The van der Waals surface area contributed by atoms with E-state index in [1.807, 2.05) is 4.74 Å². The summed E-state index contributed by atoms with van der Waals surface area (Å²) in [5.74, 6) is 0. The minimum atomic E-state index is -6.89. The summed E-state index contributed by atoms with van der Waals surface area (Å²) in [5, 5.41) is 0. The van der Waals surface area contributed by atoms with Crippen LogP contribution in [0.15, 0.2) is 0 Å². The number of rotatable bonds is 2. The highest BCUT2D eigenvalue weighted by molar-refractivity contribution is 9.10. The lowest BCUT2D eigenvalue weighted by Crippen LogP contribution is -2.79. The van der Waals surface area contributed by atoms with Gasteiger partial charge < -0.3 is 0 Å².